The van der Waals surface area contributed by atoms with Crippen molar-refractivity contribution in [1.29, 1.82) is 0 Å². The van der Waals surface area contributed by atoms with Crippen LogP contribution in [0.4, 0.5) is 0 Å². The average Bonchev–Trinajstić information content (AvgIpc) is 2.52. The van der Waals surface area contributed by atoms with Crippen LogP contribution in [0.25, 0.3) is 0 Å². The molecule has 2 N–H and O–H groups in total. The lowest BCUT2D eigenvalue weighted by Gasteiger charge is -2.14. The molecule has 0 radical (unpaired) electrons. The molecule has 1 atom stereocenters. The molecule has 2 rings (SSSR count). The molecule has 0 bridgehead atoms. The lowest BCUT2D eigenvalue weighted by molar-refractivity contribution is 0.210. The lowest BCUT2D eigenvalue weighted by Crippen LogP contribution is -2.12. The average molecular weight is 287 g/mol. The van der Waals surface area contributed by atoms with Crippen molar-refractivity contribution >= 4 is 0 Å². The first kappa shape index (κ1) is 15.2. The number of para-hydroxylation sites is 3. The molecule has 4 nitrogen and oxygen atoms in total. The zero-order valence-electron chi connectivity index (χ0n) is 12.4. The molecule has 2 aromatic carbocycles. The van der Waals surface area contributed by atoms with E-state index in [-0.39, 0.29) is 6.04 Å². The van der Waals surface area contributed by atoms with Gasteiger partial charge in [0, 0.05) is 11.6 Å². The van der Waals surface area contributed by atoms with Crippen LogP contribution in [0.5, 0.6) is 17.2 Å². The molecule has 0 unspecified atom stereocenters. The summed E-state index contributed by atoms with van der Waals surface area (Å²) in [7, 11) is 1.62. The van der Waals surface area contributed by atoms with Gasteiger partial charge in [-0.15, -0.1) is 0 Å². The van der Waals surface area contributed by atoms with Crippen LogP contribution in [0.1, 0.15) is 18.5 Å². The molecule has 0 amide bonds. The maximum absolute atomic E-state index is 5.92. The van der Waals surface area contributed by atoms with E-state index in [4.69, 9.17) is 19.9 Å². The number of methoxy groups -OCH3 is 1. The van der Waals surface area contributed by atoms with Crippen molar-refractivity contribution in [2.75, 3.05) is 20.3 Å². The molecule has 0 aliphatic heterocycles. The number of hydrogen-bond acceptors (Lipinski definition) is 4. The number of hydrogen-bond donors (Lipinski definition) is 1. The first-order chi connectivity index (χ1) is 10.2. The van der Waals surface area contributed by atoms with Crippen molar-refractivity contribution in [1.82, 2.24) is 0 Å². The first-order valence-corrected chi connectivity index (χ1v) is 6.95. The Morgan fingerprint density at radius 3 is 2.00 bits per heavy atom. The second kappa shape index (κ2) is 7.55. The lowest BCUT2D eigenvalue weighted by atomic mass is 10.1. The zero-order chi connectivity index (χ0) is 15.1. The van der Waals surface area contributed by atoms with E-state index in [9.17, 15) is 0 Å². The van der Waals surface area contributed by atoms with E-state index in [2.05, 4.69) is 0 Å². The molecule has 0 heterocycles. The maximum Gasteiger partial charge on any atom is 0.161 e. The second-order valence-corrected chi connectivity index (χ2v) is 4.67. The van der Waals surface area contributed by atoms with Crippen molar-refractivity contribution in [2.24, 2.45) is 5.73 Å². The summed E-state index contributed by atoms with van der Waals surface area (Å²) in [5.41, 5.74) is 6.92. The van der Waals surface area contributed by atoms with Crippen molar-refractivity contribution in [3.05, 3.63) is 54.1 Å². The summed E-state index contributed by atoms with van der Waals surface area (Å²) in [6.45, 7) is 2.82. The second-order valence-electron chi connectivity index (χ2n) is 4.67. The van der Waals surface area contributed by atoms with Gasteiger partial charge in [-0.2, -0.15) is 0 Å². The largest absolute Gasteiger partial charge is 0.493 e. The highest BCUT2D eigenvalue weighted by atomic mass is 16.5. The minimum absolute atomic E-state index is 0.0589. The highest BCUT2D eigenvalue weighted by molar-refractivity contribution is 5.39. The number of benzene rings is 2. The Balaban J connectivity index is 1.88. The van der Waals surface area contributed by atoms with Crippen LogP contribution in [-0.4, -0.2) is 20.3 Å². The van der Waals surface area contributed by atoms with Gasteiger partial charge in [0.15, 0.2) is 11.5 Å². The Labute approximate surface area is 125 Å². The number of rotatable bonds is 7. The van der Waals surface area contributed by atoms with Gasteiger partial charge in [-0.25, -0.2) is 0 Å². The molecule has 2 aromatic rings. The Kier molecular flexibility index (Phi) is 5.46. The summed E-state index contributed by atoms with van der Waals surface area (Å²) in [6, 6.07) is 15.3. The molecular formula is C17H21NO3. The van der Waals surface area contributed by atoms with Crippen LogP contribution in [-0.2, 0) is 0 Å². The quantitative estimate of drug-likeness (QED) is 0.795. The fourth-order valence-electron chi connectivity index (χ4n) is 2.03. The van der Waals surface area contributed by atoms with Gasteiger partial charge in [-0.1, -0.05) is 30.3 Å². The van der Waals surface area contributed by atoms with E-state index >= 15 is 0 Å². The molecule has 0 saturated carbocycles. The van der Waals surface area contributed by atoms with Crippen LogP contribution in [0.2, 0.25) is 0 Å². The van der Waals surface area contributed by atoms with Crippen molar-refractivity contribution < 1.29 is 14.2 Å². The Morgan fingerprint density at radius 2 is 1.38 bits per heavy atom. The molecule has 21 heavy (non-hydrogen) atoms. The smallest absolute Gasteiger partial charge is 0.161 e. The number of nitrogens with two attached hydrogens (primary N) is 1. The minimum atomic E-state index is -0.0589. The van der Waals surface area contributed by atoms with E-state index in [1.807, 2.05) is 55.5 Å². The Hall–Kier alpha value is -2.20. The van der Waals surface area contributed by atoms with Crippen molar-refractivity contribution in [3.8, 4) is 17.2 Å². The normalized spacial score (nSPS) is 11.8. The van der Waals surface area contributed by atoms with Crippen molar-refractivity contribution in [3.63, 3.8) is 0 Å². The molecular weight excluding hydrogens is 266 g/mol. The minimum Gasteiger partial charge on any atom is -0.493 e. The third-order valence-electron chi connectivity index (χ3n) is 3.08. The molecule has 0 spiro atoms. The summed E-state index contributed by atoms with van der Waals surface area (Å²) < 4.78 is 16.6. The number of ether oxygens (including phenoxy) is 3. The predicted octanol–water partition coefficient (Wildman–Crippen LogP) is 3.17. The highest BCUT2D eigenvalue weighted by Crippen LogP contribution is 2.26. The van der Waals surface area contributed by atoms with Crippen LogP contribution in [0.15, 0.2) is 48.5 Å². The van der Waals surface area contributed by atoms with Crippen LogP contribution >= 0.6 is 0 Å². The van der Waals surface area contributed by atoms with Crippen molar-refractivity contribution in [2.45, 2.75) is 13.0 Å². The van der Waals surface area contributed by atoms with Crippen LogP contribution in [0, 0.1) is 0 Å². The summed E-state index contributed by atoms with van der Waals surface area (Å²) in [4.78, 5) is 0. The van der Waals surface area contributed by atoms with Gasteiger partial charge >= 0.3 is 0 Å². The van der Waals surface area contributed by atoms with Gasteiger partial charge in [0.05, 0.1) is 7.11 Å². The monoisotopic (exact) mass is 287 g/mol. The van der Waals surface area contributed by atoms with Gasteiger partial charge in [0.25, 0.3) is 0 Å². The molecule has 0 aliphatic rings. The zero-order valence-corrected chi connectivity index (χ0v) is 12.4. The third-order valence-corrected chi connectivity index (χ3v) is 3.08. The highest BCUT2D eigenvalue weighted by Gasteiger charge is 2.07. The molecule has 0 aliphatic carbocycles. The summed E-state index contributed by atoms with van der Waals surface area (Å²) >= 11 is 0. The van der Waals surface area contributed by atoms with Crippen LogP contribution in [0.3, 0.4) is 0 Å². The summed E-state index contributed by atoms with van der Waals surface area (Å²) in [5.74, 6) is 2.23. The topological polar surface area (TPSA) is 53.7 Å². The van der Waals surface area contributed by atoms with Gasteiger partial charge < -0.3 is 19.9 Å². The Bertz CT molecular complexity index is 569. The van der Waals surface area contributed by atoms with Gasteiger partial charge in [0.1, 0.15) is 19.0 Å². The third kappa shape index (κ3) is 4.13. The molecule has 0 aromatic heterocycles. The molecule has 0 fully saturated rings. The summed E-state index contributed by atoms with van der Waals surface area (Å²) in [5, 5.41) is 0. The maximum atomic E-state index is 5.92. The van der Waals surface area contributed by atoms with E-state index in [1.165, 1.54) is 0 Å². The van der Waals surface area contributed by atoms with Crippen LogP contribution < -0.4 is 19.9 Å². The summed E-state index contributed by atoms with van der Waals surface area (Å²) in [6.07, 6.45) is 0. The van der Waals surface area contributed by atoms with E-state index in [1.54, 1.807) is 7.11 Å². The fraction of sp³-hybridized carbons (Fsp3) is 0.294. The Morgan fingerprint density at radius 1 is 0.857 bits per heavy atom. The van der Waals surface area contributed by atoms with E-state index in [0.29, 0.717) is 24.7 Å². The fourth-order valence-corrected chi connectivity index (χ4v) is 2.03. The molecule has 0 saturated heterocycles. The SMILES string of the molecule is COc1ccccc1OCCOc1ccccc1[C@@H](C)N. The van der Waals surface area contributed by atoms with Gasteiger partial charge in [-0.3, -0.25) is 0 Å². The molecule has 112 valence electrons. The first-order valence-electron chi connectivity index (χ1n) is 6.95. The van der Waals surface area contributed by atoms with Gasteiger partial charge in [-0.05, 0) is 25.1 Å². The van der Waals surface area contributed by atoms with E-state index in [0.717, 1.165) is 11.3 Å². The molecule has 4 heteroatoms. The van der Waals surface area contributed by atoms with E-state index < -0.39 is 0 Å². The predicted molar refractivity (Wildman–Crippen MR) is 83.0 cm³/mol. The van der Waals surface area contributed by atoms with Gasteiger partial charge in [0.2, 0.25) is 0 Å². The standard InChI is InChI=1S/C17H21NO3/c1-13(18)14-7-3-4-8-15(14)20-11-12-21-17-10-6-5-9-16(17)19-2/h3-10,13H,11-12,18H2,1-2H3/t13-/m1/s1.